The minimum Gasteiger partial charge on any atom is -0.462 e. The maximum atomic E-state index is 12.9. The molecule has 6 atom stereocenters. The predicted octanol–water partition coefficient (Wildman–Crippen LogP) is 2.75. The molecule has 2 aliphatic heterocycles. The Bertz CT molecular complexity index is 904. The van der Waals surface area contributed by atoms with E-state index in [1.54, 1.807) is 74.1 Å². The quantitative estimate of drug-likeness (QED) is 0.422. The second-order valence-corrected chi connectivity index (χ2v) is 12.9. The second-order valence-electron chi connectivity index (χ2n) is 12.9. The zero-order valence-electron chi connectivity index (χ0n) is 23.7. The van der Waals surface area contributed by atoms with E-state index in [4.69, 9.17) is 18.9 Å². The van der Waals surface area contributed by atoms with E-state index in [9.17, 15) is 24.3 Å². The van der Waals surface area contributed by atoms with Gasteiger partial charge in [-0.1, -0.05) is 0 Å². The van der Waals surface area contributed by atoms with Crippen LogP contribution in [0.1, 0.15) is 75.7 Å². The molecule has 0 bridgehead atoms. The molecule has 0 aliphatic carbocycles. The normalized spacial score (nSPS) is 29.1. The van der Waals surface area contributed by atoms with Crippen LogP contribution in [0.2, 0.25) is 0 Å². The standard InChI is InChI=1S/C27H43NO9/c1-15-13-16(29)11-12-28(15)21-20(37-24(33)27(8,9)10)18(30)19(36-23(32)26(5,6)7)17(35-21)14-34-22(31)25(2,3)4/h11-12,15,17-21,30H,13-14H2,1-10H3. The van der Waals surface area contributed by atoms with Gasteiger partial charge in [0.15, 0.2) is 24.2 Å². The molecule has 37 heavy (non-hydrogen) atoms. The van der Waals surface area contributed by atoms with E-state index < -0.39 is 64.8 Å². The second kappa shape index (κ2) is 11.1. The van der Waals surface area contributed by atoms with Gasteiger partial charge in [0.2, 0.25) is 0 Å². The van der Waals surface area contributed by atoms with Crippen molar-refractivity contribution < 1.29 is 43.2 Å². The lowest BCUT2D eigenvalue weighted by Crippen LogP contribution is -2.66. The highest BCUT2D eigenvalue weighted by atomic mass is 16.6. The number of hydrogen-bond acceptors (Lipinski definition) is 10. The number of carbonyl (C=O) groups excluding carboxylic acids is 4. The van der Waals surface area contributed by atoms with Crippen molar-refractivity contribution in [2.45, 2.75) is 112 Å². The molecule has 0 spiro atoms. The van der Waals surface area contributed by atoms with Crippen molar-refractivity contribution in [1.82, 2.24) is 4.90 Å². The predicted molar refractivity (Wildman–Crippen MR) is 134 cm³/mol. The number of hydrogen-bond donors (Lipinski definition) is 1. The van der Waals surface area contributed by atoms with Gasteiger partial charge in [0, 0.05) is 18.7 Å². The van der Waals surface area contributed by atoms with Gasteiger partial charge < -0.3 is 29.0 Å². The van der Waals surface area contributed by atoms with E-state index in [2.05, 4.69) is 0 Å². The maximum Gasteiger partial charge on any atom is 0.311 e. The Kier molecular flexibility index (Phi) is 9.24. The summed E-state index contributed by atoms with van der Waals surface area (Å²) in [5, 5.41) is 11.5. The molecular weight excluding hydrogens is 482 g/mol. The summed E-state index contributed by atoms with van der Waals surface area (Å²) in [4.78, 5) is 51.8. The summed E-state index contributed by atoms with van der Waals surface area (Å²) < 4.78 is 23.2. The van der Waals surface area contributed by atoms with Crippen LogP contribution in [0, 0.1) is 16.2 Å². The molecule has 0 saturated carbocycles. The summed E-state index contributed by atoms with van der Waals surface area (Å²) in [7, 11) is 0. The molecule has 0 amide bonds. The van der Waals surface area contributed by atoms with Gasteiger partial charge >= 0.3 is 17.9 Å². The summed E-state index contributed by atoms with van der Waals surface area (Å²) in [6.07, 6.45) is -3.06. The van der Waals surface area contributed by atoms with Crippen LogP contribution in [0.3, 0.4) is 0 Å². The summed E-state index contributed by atoms with van der Waals surface area (Å²) in [6, 6.07) is -0.336. The van der Waals surface area contributed by atoms with Gasteiger partial charge in [-0.05, 0) is 75.3 Å². The fourth-order valence-corrected chi connectivity index (χ4v) is 3.65. The van der Waals surface area contributed by atoms with Crippen molar-refractivity contribution in [3.8, 4) is 0 Å². The van der Waals surface area contributed by atoms with Crippen LogP contribution in [0.5, 0.6) is 0 Å². The van der Waals surface area contributed by atoms with Crippen LogP contribution in [-0.4, -0.2) is 77.0 Å². The van der Waals surface area contributed by atoms with Gasteiger partial charge in [0.1, 0.15) is 18.8 Å². The lowest BCUT2D eigenvalue weighted by Gasteiger charge is -2.49. The van der Waals surface area contributed by atoms with E-state index in [-0.39, 0.29) is 24.9 Å². The largest absolute Gasteiger partial charge is 0.462 e. The van der Waals surface area contributed by atoms with Crippen molar-refractivity contribution in [1.29, 1.82) is 0 Å². The number of esters is 3. The highest BCUT2D eigenvalue weighted by molar-refractivity contribution is 5.90. The first kappa shape index (κ1) is 30.8. The van der Waals surface area contributed by atoms with Crippen molar-refractivity contribution in [2.75, 3.05) is 6.61 Å². The first-order valence-electron chi connectivity index (χ1n) is 12.6. The van der Waals surface area contributed by atoms with Crippen molar-refractivity contribution in [3.05, 3.63) is 12.3 Å². The van der Waals surface area contributed by atoms with Gasteiger partial charge in [-0.15, -0.1) is 0 Å². The molecule has 0 aromatic heterocycles. The molecule has 0 aromatic rings. The third kappa shape index (κ3) is 7.77. The van der Waals surface area contributed by atoms with Gasteiger partial charge in [-0.25, -0.2) is 0 Å². The number of rotatable bonds is 5. The zero-order chi connectivity index (χ0) is 28.5. The molecule has 1 saturated heterocycles. The highest BCUT2D eigenvalue weighted by Crippen LogP contribution is 2.34. The minimum absolute atomic E-state index is 0.0732. The van der Waals surface area contributed by atoms with Crippen LogP contribution < -0.4 is 0 Å². The Balaban J connectivity index is 2.49. The van der Waals surface area contributed by atoms with Crippen molar-refractivity contribution in [2.24, 2.45) is 16.2 Å². The average molecular weight is 526 g/mol. The molecule has 2 rings (SSSR count). The van der Waals surface area contributed by atoms with Crippen LogP contribution in [0.4, 0.5) is 0 Å². The van der Waals surface area contributed by atoms with Crippen LogP contribution in [0.25, 0.3) is 0 Å². The monoisotopic (exact) mass is 525 g/mol. The van der Waals surface area contributed by atoms with Crippen molar-refractivity contribution in [3.63, 3.8) is 0 Å². The minimum atomic E-state index is -1.51. The number of aliphatic hydroxyl groups excluding tert-OH is 1. The SMILES string of the molecule is CC1CC(=O)C=CN1C1OC(COC(=O)C(C)(C)C)C(OC(=O)C(C)(C)C)C(O)C1OC(=O)C(C)(C)C. The number of allylic oxidation sites excluding steroid dienone is 1. The van der Waals surface area contributed by atoms with Gasteiger partial charge in [0.05, 0.1) is 16.2 Å². The summed E-state index contributed by atoms with van der Waals surface area (Å²) in [6.45, 7) is 16.6. The molecule has 10 nitrogen and oxygen atoms in total. The van der Waals surface area contributed by atoms with Crippen LogP contribution >= 0.6 is 0 Å². The summed E-state index contributed by atoms with van der Waals surface area (Å²) >= 11 is 0. The smallest absolute Gasteiger partial charge is 0.311 e. The Hall–Kier alpha value is -2.46. The molecule has 10 heteroatoms. The number of aliphatic hydroxyl groups is 1. The Labute approximate surface area is 219 Å². The third-order valence-electron chi connectivity index (χ3n) is 6.07. The zero-order valence-corrected chi connectivity index (χ0v) is 23.7. The number of ketones is 1. The Morgan fingerprint density at radius 3 is 1.86 bits per heavy atom. The lowest BCUT2D eigenvalue weighted by atomic mass is 9.92. The highest BCUT2D eigenvalue weighted by Gasteiger charge is 2.53. The summed E-state index contributed by atoms with van der Waals surface area (Å²) in [5.74, 6) is -1.77. The van der Waals surface area contributed by atoms with E-state index in [0.29, 0.717) is 0 Å². The van der Waals surface area contributed by atoms with E-state index in [0.717, 1.165) is 0 Å². The Morgan fingerprint density at radius 1 is 0.919 bits per heavy atom. The third-order valence-corrected chi connectivity index (χ3v) is 6.07. The molecule has 1 N–H and O–H groups in total. The van der Waals surface area contributed by atoms with E-state index >= 15 is 0 Å². The lowest BCUT2D eigenvalue weighted by molar-refractivity contribution is -0.277. The topological polar surface area (TPSA) is 129 Å². The molecule has 1 fully saturated rings. The van der Waals surface area contributed by atoms with Gasteiger partial charge in [-0.3, -0.25) is 19.2 Å². The number of ether oxygens (including phenoxy) is 4. The fraction of sp³-hybridized carbons (Fsp3) is 0.778. The molecular formula is C27H43NO9. The molecule has 0 aromatic carbocycles. The molecule has 6 unspecified atom stereocenters. The van der Waals surface area contributed by atoms with E-state index in [1.807, 2.05) is 0 Å². The Morgan fingerprint density at radius 2 is 1.41 bits per heavy atom. The average Bonchev–Trinajstić information content (AvgIpc) is 2.73. The molecule has 2 aliphatic rings. The van der Waals surface area contributed by atoms with Gasteiger partial charge in [-0.2, -0.15) is 0 Å². The molecule has 0 radical (unpaired) electrons. The van der Waals surface area contributed by atoms with Gasteiger partial charge in [0.25, 0.3) is 0 Å². The maximum absolute atomic E-state index is 12.9. The van der Waals surface area contributed by atoms with E-state index in [1.165, 1.54) is 12.3 Å². The molecule has 210 valence electrons. The van der Waals surface area contributed by atoms with Crippen molar-refractivity contribution >= 4 is 23.7 Å². The van der Waals surface area contributed by atoms with Crippen LogP contribution in [0.15, 0.2) is 12.3 Å². The first-order chi connectivity index (χ1) is 16.7. The number of carbonyl (C=O) groups is 4. The molecule has 2 heterocycles. The first-order valence-corrected chi connectivity index (χ1v) is 12.6. The summed E-state index contributed by atoms with van der Waals surface area (Å²) in [5.41, 5.74) is -2.58. The number of nitrogens with zero attached hydrogens (tertiary/aromatic N) is 1. The van der Waals surface area contributed by atoms with Crippen LogP contribution in [-0.2, 0) is 38.1 Å². The fourth-order valence-electron chi connectivity index (χ4n) is 3.65.